The second-order valence-electron chi connectivity index (χ2n) is 9.25. The van der Waals surface area contributed by atoms with Gasteiger partial charge in [0.25, 0.3) is 5.91 Å². The van der Waals surface area contributed by atoms with E-state index >= 15 is 0 Å². The van der Waals surface area contributed by atoms with Gasteiger partial charge in [-0.3, -0.25) is 14.8 Å². The van der Waals surface area contributed by atoms with E-state index in [9.17, 15) is 18.0 Å². The fraction of sp³-hybridized carbons (Fsp3) is 0.259. The molecule has 1 aliphatic heterocycles. The first-order valence-corrected chi connectivity index (χ1v) is 12.4. The molecule has 9 nitrogen and oxygen atoms in total. The van der Waals surface area contributed by atoms with Crippen LogP contribution in [0.2, 0.25) is 0 Å². The van der Waals surface area contributed by atoms with Crippen LogP contribution in [0.4, 0.5) is 36.4 Å². The van der Waals surface area contributed by atoms with E-state index in [4.69, 9.17) is 0 Å². The van der Waals surface area contributed by atoms with Crippen molar-refractivity contribution in [1.82, 2.24) is 25.1 Å². The molecular formula is C27H27F3N8O. The van der Waals surface area contributed by atoms with Gasteiger partial charge in [-0.05, 0) is 42.8 Å². The summed E-state index contributed by atoms with van der Waals surface area (Å²) in [6.07, 6.45) is -2.88. The lowest BCUT2D eigenvalue weighted by molar-refractivity contribution is -0.137. The molecule has 5 rings (SSSR count). The molecule has 12 heteroatoms. The molecule has 2 aromatic heterocycles. The zero-order valence-corrected chi connectivity index (χ0v) is 21.2. The van der Waals surface area contributed by atoms with Crippen molar-refractivity contribution in [2.75, 3.05) is 41.7 Å². The molecule has 1 saturated heterocycles. The van der Waals surface area contributed by atoms with Gasteiger partial charge in [-0.25, -0.2) is 4.98 Å². The second-order valence-corrected chi connectivity index (χ2v) is 9.25. The van der Waals surface area contributed by atoms with E-state index in [1.165, 1.54) is 18.2 Å². The van der Waals surface area contributed by atoms with Gasteiger partial charge in [-0.1, -0.05) is 24.3 Å². The number of piperazine rings is 1. The summed E-state index contributed by atoms with van der Waals surface area (Å²) in [7, 11) is 0. The highest BCUT2D eigenvalue weighted by Crippen LogP contribution is 2.32. The molecule has 1 aliphatic rings. The molecule has 0 radical (unpaired) electrons. The minimum atomic E-state index is -4.60. The monoisotopic (exact) mass is 536 g/mol. The maximum Gasteiger partial charge on any atom is 0.417 e. The molecule has 4 aromatic rings. The van der Waals surface area contributed by atoms with Crippen LogP contribution in [-0.2, 0) is 12.7 Å². The Morgan fingerprint density at radius 2 is 1.77 bits per heavy atom. The number of nitrogens with one attached hydrogen (secondary N) is 3. The zero-order chi connectivity index (χ0) is 27.4. The van der Waals surface area contributed by atoms with Crippen molar-refractivity contribution in [3.8, 4) is 0 Å². The Kier molecular flexibility index (Phi) is 7.46. The van der Waals surface area contributed by atoms with Crippen LogP contribution in [0.1, 0.15) is 27.2 Å². The van der Waals surface area contributed by atoms with Gasteiger partial charge in [0.05, 0.1) is 16.8 Å². The number of benzene rings is 2. The van der Waals surface area contributed by atoms with Crippen molar-refractivity contribution in [2.45, 2.75) is 19.6 Å². The molecule has 0 unspecified atom stereocenters. The Morgan fingerprint density at radius 3 is 2.46 bits per heavy atom. The highest BCUT2D eigenvalue weighted by atomic mass is 19.4. The van der Waals surface area contributed by atoms with Gasteiger partial charge in [0.1, 0.15) is 11.6 Å². The molecule has 1 fully saturated rings. The van der Waals surface area contributed by atoms with Crippen LogP contribution in [-0.4, -0.2) is 57.2 Å². The fourth-order valence-electron chi connectivity index (χ4n) is 4.38. The Labute approximate surface area is 223 Å². The number of carbonyl (C=O) groups is 1. The van der Waals surface area contributed by atoms with Crippen LogP contribution < -0.4 is 15.5 Å². The summed E-state index contributed by atoms with van der Waals surface area (Å²) in [5.41, 5.74) is 0.984. The molecule has 3 N–H and O–H groups in total. The molecule has 3 heterocycles. The summed E-state index contributed by atoms with van der Waals surface area (Å²) in [5.74, 6) is 1.30. The smallest absolute Gasteiger partial charge is 0.338 e. The Balaban J connectivity index is 1.14. The highest BCUT2D eigenvalue weighted by molar-refractivity contribution is 6.05. The van der Waals surface area contributed by atoms with Crippen molar-refractivity contribution >= 4 is 29.2 Å². The number of aryl methyl sites for hydroxylation is 1. The van der Waals surface area contributed by atoms with Gasteiger partial charge < -0.3 is 15.5 Å². The summed E-state index contributed by atoms with van der Waals surface area (Å²) < 4.78 is 39.7. The summed E-state index contributed by atoms with van der Waals surface area (Å²) in [6, 6.07) is 15.6. The zero-order valence-electron chi connectivity index (χ0n) is 21.2. The second kappa shape index (κ2) is 11.1. The fourth-order valence-corrected chi connectivity index (χ4v) is 4.38. The Bertz CT molecular complexity index is 1430. The number of halogens is 3. The summed E-state index contributed by atoms with van der Waals surface area (Å²) >= 11 is 0. The predicted octanol–water partition coefficient (Wildman–Crippen LogP) is 4.85. The Morgan fingerprint density at radius 1 is 1.03 bits per heavy atom. The number of carbonyl (C=O) groups excluding carboxylic acids is 1. The lowest BCUT2D eigenvalue weighted by Crippen LogP contribution is -2.46. The number of hydrogen-bond donors (Lipinski definition) is 3. The number of nitrogens with zero attached hydrogens (tertiary/aromatic N) is 5. The highest BCUT2D eigenvalue weighted by Gasteiger charge is 2.34. The molecule has 0 aliphatic carbocycles. The van der Waals surface area contributed by atoms with Crippen LogP contribution >= 0.6 is 0 Å². The average molecular weight is 537 g/mol. The van der Waals surface area contributed by atoms with Gasteiger partial charge in [0.15, 0.2) is 0 Å². The predicted molar refractivity (Wildman–Crippen MR) is 142 cm³/mol. The van der Waals surface area contributed by atoms with Crippen molar-refractivity contribution in [1.29, 1.82) is 0 Å². The minimum Gasteiger partial charge on any atom is -0.338 e. The van der Waals surface area contributed by atoms with Crippen LogP contribution in [0.15, 0.2) is 66.9 Å². The molecule has 0 atom stereocenters. The van der Waals surface area contributed by atoms with E-state index in [-0.39, 0.29) is 0 Å². The molecular weight excluding hydrogens is 509 g/mol. The van der Waals surface area contributed by atoms with E-state index in [0.717, 1.165) is 49.3 Å². The third-order valence-corrected chi connectivity index (χ3v) is 6.36. The molecule has 1 amide bonds. The number of H-pyrrole nitrogens is 1. The van der Waals surface area contributed by atoms with Crippen LogP contribution in [0.5, 0.6) is 0 Å². The molecule has 202 valence electrons. The number of alkyl halides is 3. The minimum absolute atomic E-state index is 0.409. The molecule has 0 spiro atoms. The largest absolute Gasteiger partial charge is 0.417 e. The number of rotatable bonds is 7. The first-order valence-electron chi connectivity index (χ1n) is 12.4. The van der Waals surface area contributed by atoms with Crippen molar-refractivity contribution in [3.63, 3.8) is 0 Å². The SMILES string of the molecule is Cc1cc(Nc2ccnc(N3CCN(Cc4ccc(NC(=O)c5ccccc5C(F)(F)F)cc4)CC3)n2)[nH]n1. The van der Waals surface area contributed by atoms with E-state index in [0.29, 0.717) is 24.0 Å². The lowest BCUT2D eigenvalue weighted by Gasteiger charge is -2.34. The van der Waals surface area contributed by atoms with Crippen molar-refractivity contribution < 1.29 is 18.0 Å². The molecule has 39 heavy (non-hydrogen) atoms. The standard InChI is InChI=1S/C27H27F3N8O/c1-18-16-24(36-35-18)33-23-10-11-31-26(34-23)38-14-12-37(13-15-38)17-19-6-8-20(9-7-19)32-25(39)21-4-2-3-5-22(21)27(28,29)30/h2-11,16H,12-15,17H2,1H3,(H,32,39)(H2,31,33,34,35,36). The number of hydrogen-bond acceptors (Lipinski definition) is 7. The number of aromatic amines is 1. The van der Waals surface area contributed by atoms with Gasteiger partial charge in [0.2, 0.25) is 5.95 Å². The van der Waals surface area contributed by atoms with Gasteiger partial charge in [0, 0.05) is 50.7 Å². The summed E-state index contributed by atoms with van der Waals surface area (Å²) in [5, 5.41) is 12.8. The van der Waals surface area contributed by atoms with Gasteiger partial charge in [-0.15, -0.1) is 0 Å². The third-order valence-electron chi connectivity index (χ3n) is 6.36. The number of anilines is 4. The maximum absolute atomic E-state index is 13.2. The topological polar surface area (TPSA) is 102 Å². The summed E-state index contributed by atoms with van der Waals surface area (Å²) in [6.45, 7) is 5.76. The van der Waals surface area contributed by atoms with E-state index in [1.54, 1.807) is 24.4 Å². The van der Waals surface area contributed by atoms with Crippen molar-refractivity contribution in [3.05, 3.63) is 89.2 Å². The van der Waals surface area contributed by atoms with E-state index in [2.05, 4.69) is 40.6 Å². The first-order chi connectivity index (χ1) is 18.7. The van der Waals surface area contributed by atoms with Gasteiger partial charge >= 0.3 is 6.18 Å². The molecule has 0 saturated carbocycles. The molecule has 0 bridgehead atoms. The maximum atomic E-state index is 13.2. The number of aromatic nitrogens is 4. The Hall–Kier alpha value is -4.45. The molecule has 2 aromatic carbocycles. The summed E-state index contributed by atoms with van der Waals surface area (Å²) in [4.78, 5) is 26.0. The normalized spacial score (nSPS) is 14.3. The van der Waals surface area contributed by atoms with Crippen LogP contribution in [0, 0.1) is 6.92 Å². The quantitative estimate of drug-likeness (QED) is 0.311. The van der Waals surface area contributed by atoms with E-state index < -0.39 is 23.2 Å². The average Bonchev–Trinajstić information content (AvgIpc) is 3.34. The third kappa shape index (κ3) is 6.52. The van der Waals surface area contributed by atoms with Crippen molar-refractivity contribution in [2.24, 2.45) is 0 Å². The van der Waals surface area contributed by atoms with Crippen LogP contribution in [0.3, 0.4) is 0 Å². The van der Waals surface area contributed by atoms with E-state index in [1.807, 2.05) is 25.1 Å². The lowest BCUT2D eigenvalue weighted by atomic mass is 10.1. The first kappa shape index (κ1) is 26.2. The van der Waals surface area contributed by atoms with Crippen LogP contribution in [0.25, 0.3) is 0 Å². The number of amides is 1. The van der Waals surface area contributed by atoms with Gasteiger partial charge in [-0.2, -0.15) is 23.3 Å².